The summed E-state index contributed by atoms with van der Waals surface area (Å²) in [6, 6.07) is 5.39. The van der Waals surface area contributed by atoms with Crippen molar-refractivity contribution >= 4 is 29.1 Å². The summed E-state index contributed by atoms with van der Waals surface area (Å²) < 4.78 is 5.01. The second-order valence-corrected chi connectivity index (χ2v) is 7.07. The molecule has 1 saturated heterocycles. The maximum atomic E-state index is 11.9. The third-order valence-corrected chi connectivity index (χ3v) is 4.51. The van der Waals surface area contributed by atoms with Gasteiger partial charge in [-0.15, -0.1) is 0 Å². The van der Waals surface area contributed by atoms with Gasteiger partial charge in [-0.25, -0.2) is 4.79 Å². The van der Waals surface area contributed by atoms with Gasteiger partial charge in [0.2, 0.25) is 0 Å². The van der Waals surface area contributed by atoms with Crippen LogP contribution in [0.4, 0.5) is 11.4 Å². The van der Waals surface area contributed by atoms with E-state index in [0.717, 1.165) is 24.5 Å². The van der Waals surface area contributed by atoms with Crippen LogP contribution in [0.15, 0.2) is 18.2 Å². The Hall–Kier alpha value is -1.36. The lowest BCUT2D eigenvalue weighted by Gasteiger charge is -2.39. The van der Waals surface area contributed by atoms with Crippen molar-refractivity contribution in [2.45, 2.75) is 18.6 Å². The molecular formula is C14H20N2O2S. The van der Waals surface area contributed by atoms with Gasteiger partial charge in [0, 0.05) is 23.6 Å². The highest BCUT2D eigenvalue weighted by molar-refractivity contribution is 8.00. The summed E-state index contributed by atoms with van der Waals surface area (Å²) in [5.41, 5.74) is 8.06. The predicted molar refractivity (Wildman–Crippen MR) is 80.9 cm³/mol. The molecule has 5 heteroatoms. The third-order valence-electron chi connectivity index (χ3n) is 3.21. The van der Waals surface area contributed by atoms with E-state index in [1.807, 2.05) is 17.8 Å². The van der Waals surface area contributed by atoms with Gasteiger partial charge in [0.25, 0.3) is 0 Å². The fourth-order valence-electron chi connectivity index (χ4n) is 2.40. The first-order valence-electron chi connectivity index (χ1n) is 6.30. The monoisotopic (exact) mass is 280 g/mol. The number of anilines is 2. The van der Waals surface area contributed by atoms with Crippen LogP contribution in [-0.4, -0.2) is 36.7 Å². The number of para-hydroxylation sites is 1. The molecule has 4 nitrogen and oxygen atoms in total. The molecule has 0 bridgehead atoms. The van der Waals surface area contributed by atoms with Gasteiger partial charge in [0.05, 0.1) is 24.0 Å². The first-order valence-corrected chi connectivity index (χ1v) is 7.29. The fraction of sp³-hybridized carbons (Fsp3) is 0.500. The lowest BCUT2D eigenvalue weighted by Crippen LogP contribution is -2.44. The van der Waals surface area contributed by atoms with Crippen molar-refractivity contribution in [3.05, 3.63) is 23.8 Å². The van der Waals surface area contributed by atoms with Crippen molar-refractivity contribution in [2.24, 2.45) is 0 Å². The maximum Gasteiger partial charge on any atom is 0.340 e. The van der Waals surface area contributed by atoms with E-state index in [0.29, 0.717) is 11.3 Å². The van der Waals surface area contributed by atoms with Gasteiger partial charge in [-0.1, -0.05) is 6.07 Å². The number of rotatable bonds is 2. The fourth-order valence-corrected chi connectivity index (χ4v) is 3.51. The van der Waals surface area contributed by atoms with E-state index in [1.165, 1.54) is 7.11 Å². The van der Waals surface area contributed by atoms with Gasteiger partial charge in [-0.3, -0.25) is 0 Å². The lowest BCUT2D eigenvalue weighted by atomic mass is 10.1. The van der Waals surface area contributed by atoms with Crippen LogP contribution in [0, 0.1) is 0 Å². The van der Waals surface area contributed by atoms with Crippen molar-refractivity contribution in [1.29, 1.82) is 0 Å². The summed E-state index contributed by atoms with van der Waals surface area (Å²) in [7, 11) is 1.39. The summed E-state index contributed by atoms with van der Waals surface area (Å²) in [6.07, 6.45) is 0. The number of hydrogen-bond donors (Lipinski definition) is 1. The van der Waals surface area contributed by atoms with Gasteiger partial charge < -0.3 is 15.4 Å². The normalized spacial score (nSPS) is 18.2. The largest absolute Gasteiger partial charge is 0.465 e. The first kappa shape index (κ1) is 14.1. The summed E-state index contributed by atoms with van der Waals surface area (Å²) in [5, 5.41) is 0. The van der Waals surface area contributed by atoms with Crippen molar-refractivity contribution in [3.8, 4) is 0 Å². The van der Waals surface area contributed by atoms with Gasteiger partial charge in [-0.2, -0.15) is 11.8 Å². The quantitative estimate of drug-likeness (QED) is 0.666. The van der Waals surface area contributed by atoms with E-state index in [9.17, 15) is 4.79 Å². The Kier molecular flexibility index (Phi) is 3.94. The Balaban J connectivity index is 2.40. The highest BCUT2D eigenvalue weighted by atomic mass is 32.2. The average Bonchev–Trinajstić information content (AvgIpc) is 2.36. The summed E-state index contributed by atoms with van der Waals surface area (Å²) in [6.45, 7) is 6.18. The average molecular weight is 280 g/mol. The molecule has 1 fully saturated rings. The molecule has 0 unspecified atom stereocenters. The molecule has 0 atom stereocenters. The Labute approximate surface area is 118 Å². The van der Waals surface area contributed by atoms with Gasteiger partial charge in [0.15, 0.2) is 0 Å². The molecule has 0 radical (unpaired) electrons. The number of carbonyl (C=O) groups is 1. The van der Waals surface area contributed by atoms with Crippen molar-refractivity contribution in [1.82, 2.24) is 0 Å². The van der Waals surface area contributed by atoms with Crippen molar-refractivity contribution < 1.29 is 9.53 Å². The van der Waals surface area contributed by atoms with Crippen LogP contribution in [-0.2, 0) is 4.74 Å². The Morgan fingerprint density at radius 2 is 2.21 bits per heavy atom. The molecule has 1 aliphatic heterocycles. The Morgan fingerprint density at radius 3 is 2.84 bits per heavy atom. The third kappa shape index (κ3) is 2.97. The van der Waals surface area contributed by atoms with Crippen LogP contribution in [0.2, 0.25) is 0 Å². The van der Waals surface area contributed by atoms with Crippen LogP contribution >= 0.6 is 11.8 Å². The maximum absolute atomic E-state index is 11.9. The molecule has 1 aromatic carbocycles. The van der Waals surface area contributed by atoms with E-state index >= 15 is 0 Å². The first-order chi connectivity index (χ1) is 8.94. The number of benzene rings is 1. The molecule has 104 valence electrons. The number of methoxy groups -OCH3 is 1. The van der Waals surface area contributed by atoms with Crippen LogP contribution < -0.4 is 10.6 Å². The highest BCUT2D eigenvalue weighted by Gasteiger charge is 2.30. The minimum absolute atomic E-state index is 0.161. The van der Waals surface area contributed by atoms with E-state index in [4.69, 9.17) is 10.5 Å². The molecule has 19 heavy (non-hydrogen) atoms. The highest BCUT2D eigenvalue weighted by Crippen LogP contribution is 2.36. The van der Waals surface area contributed by atoms with Crippen LogP contribution in [0.3, 0.4) is 0 Å². The Bertz CT molecular complexity index is 488. The molecule has 0 aliphatic carbocycles. The summed E-state index contributed by atoms with van der Waals surface area (Å²) in [4.78, 5) is 14.1. The Morgan fingerprint density at radius 1 is 1.47 bits per heavy atom. The number of nitrogens with two attached hydrogens (primary N) is 1. The zero-order valence-electron chi connectivity index (χ0n) is 11.6. The van der Waals surface area contributed by atoms with E-state index < -0.39 is 0 Å². The molecule has 1 aliphatic rings. The van der Waals surface area contributed by atoms with E-state index in [1.54, 1.807) is 12.1 Å². The molecule has 1 heterocycles. The zero-order valence-corrected chi connectivity index (χ0v) is 12.4. The molecule has 0 amide bonds. The molecule has 2 rings (SSSR count). The van der Waals surface area contributed by atoms with E-state index in [2.05, 4.69) is 18.7 Å². The van der Waals surface area contributed by atoms with Crippen molar-refractivity contribution in [3.63, 3.8) is 0 Å². The number of thioether (sulfide) groups is 1. The second-order valence-electron chi connectivity index (χ2n) is 5.26. The topological polar surface area (TPSA) is 55.6 Å². The van der Waals surface area contributed by atoms with Crippen LogP contribution in [0.25, 0.3) is 0 Å². The van der Waals surface area contributed by atoms with Crippen LogP contribution in [0.1, 0.15) is 24.2 Å². The van der Waals surface area contributed by atoms with Gasteiger partial charge in [-0.05, 0) is 26.0 Å². The molecule has 0 saturated carbocycles. The SMILES string of the molecule is COC(=O)c1cccc(N)c1N1CCSC(C)(C)C1. The second kappa shape index (κ2) is 5.33. The standard InChI is InChI=1S/C14H20N2O2S/c1-14(2)9-16(7-8-19-14)12-10(13(17)18-3)5-4-6-11(12)15/h4-6H,7-9,15H2,1-3H3. The number of nitrogens with zero attached hydrogens (tertiary/aromatic N) is 1. The number of ether oxygens (including phenoxy) is 1. The summed E-state index contributed by atoms with van der Waals surface area (Å²) >= 11 is 1.95. The molecule has 1 aromatic rings. The van der Waals surface area contributed by atoms with E-state index in [-0.39, 0.29) is 10.7 Å². The smallest absolute Gasteiger partial charge is 0.340 e. The number of esters is 1. The minimum Gasteiger partial charge on any atom is -0.465 e. The number of nitrogen functional groups attached to an aromatic ring is 1. The molecule has 0 spiro atoms. The molecular weight excluding hydrogens is 260 g/mol. The lowest BCUT2D eigenvalue weighted by molar-refractivity contribution is 0.0601. The van der Waals surface area contributed by atoms with Gasteiger partial charge in [0.1, 0.15) is 0 Å². The predicted octanol–water partition coefficient (Wildman–Crippen LogP) is 2.39. The van der Waals surface area contributed by atoms with Crippen LogP contribution in [0.5, 0.6) is 0 Å². The molecule has 0 aromatic heterocycles. The molecule has 2 N–H and O–H groups in total. The van der Waals surface area contributed by atoms with Gasteiger partial charge >= 0.3 is 5.97 Å². The summed E-state index contributed by atoms with van der Waals surface area (Å²) in [5.74, 6) is 0.695. The minimum atomic E-state index is -0.335. The van der Waals surface area contributed by atoms with Crippen molar-refractivity contribution in [2.75, 3.05) is 36.6 Å². The number of carbonyl (C=O) groups excluding carboxylic acids is 1. The zero-order chi connectivity index (χ0) is 14.0. The number of hydrogen-bond acceptors (Lipinski definition) is 5.